The van der Waals surface area contributed by atoms with Gasteiger partial charge in [-0.15, -0.1) is 11.3 Å². The van der Waals surface area contributed by atoms with Crippen LogP contribution in [0.5, 0.6) is 0 Å². The van der Waals surface area contributed by atoms with Gasteiger partial charge >= 0.3 is 18.2 Å². The van der Waals surface area contributed by atoms with E-state index in [2.05, 4.69) is 81.4 Å². The quantitative estimate of drug-likeness (QED) is 0.144. The van der Waals surface area contributed by atoms with E-state index in [0.717, 1.165) is 68.5 Å². The van der Waals surface area contributed by atoms with Crippen LogP contribution in [0.1, 0.15) is 23.2 Å². The first-order chi connectivity index (χ1) is 23.5. The monoisotopic (exact) mass is 716 g/mol. The Labute approximate surface area is 293 Å². The number of carboxylic acids is 1. The largest absolute Gasteiger partial charge is 0.490 e. The number of anilines is 1. The zero-order valence-electron chi connectivity index (χ0n) is 27.1. The maximum Gasteiger partial charge on any atom is 0.490 e. The molecule has 4 aromatic rings. The van der Waals surface area contributed by atoms with Crippen LogP contribution in [0.3, 0.4) is 0 Å². The minimum atomic E-state index is -5.08. The fourth-order valence-electron chi connectivity index (χ4n) is 5.00. The second kappa shape index (κ2) is 18.7. The third-order valence-electron chi connectivity index (χ3n) is 7.71. The molecule has 1 fully saturated rings. The third kappa shape index (κ3) is 13.1. The number of piperazine rings is 1. The van der Waals surface area contributed by atoms with Crippen LogP contribution in [-0.4, -0.2) is 89.3 Å². The molecule has 49 heavy (non-hydrogen) atoms. The second-order valence-corrected chi connectivity index (χ2v) is 12.9. The zero-order chi connectivity index (χ0) is 35.2. The van der Waals surface area contributed by atoms with E-state index in [1.165, 1.54) is 11.1 Å². The lowest BCUT2D eigenvalue weighted by atomic mass is 10.1. The highest BCUT2D eigenvalue weighted by atomic mass is 35.5. The number of aromatic nitrogens is 1. The van der Waals surface area contributed by atoms with Crippen molar-refractivity contribution in [1.29, 1.82) is 0 Å². The number of urea groups is 1. The van der Waals surface area contributed by atoms with E-state index in [9.17, 15) is 18.0 Å². The standard InChI is InChI=1S/C33H39ClN6OS.C2HF3O2/c1-38-17-19-39(20-18-38)15-6-16-40(33(41)37-30-10-5-9-29(34)21-30)24-31-25-42-32(36-31)28-13-11-27(12-14-28)23-35-22-26-7-3-2-4-8-26;3-2(4,5)1(6)7/h2-5,7-14,21,25,35H,6,15-20,22-24H2,1H3,(H,37,41);(H,6,7). The molecular weight excluding hydrogens is 677 g/mol. The number of alkyl halides is 3. The lowest BCUT2D eigenvalue weighted by Crippen LogP contribution is -2.45. The van der Waals surface area contributed by atoms with Crippen molar-refractivity contribution in [1.82, 2.24) is 25.0 Å². The molecule has 1 saturated heterocycles. The molecule has 0 aliphatic carbocycles. The number of thiazole rings is 1. The highest BCUT2D eigenvalue weighted by Gasteiger charge is 2.38. The highest BCUT2D eigenvalue weighted by molar-refractivity contribution is 7.13. The summed E-state index contributed by atoms with van der Waals surface area (Å²) in [5, 5.41) is 17.3. The molecule has 3 aromatic carbocycles. The predicted molar refractivity (Wildman–Crippen MR) is 188 cm³/mol. The maximum absolute atomic E-state index is 13.4. The van der Waals surface area contributed by atoms with Gasteiger partial charge in [0.1, 0.15) is 5.01 Å². The molecular formula is C35H40ClF3N6O3S. The number of hydrogen-bond donors (Lipinski definition) is 3. The molecule has 0 bridgehead atoms. The zero-order valence-corrected chi connectivity index (χ0v) is 28.7. The van der Waals surface area contributed by atoms with Gasteiger partial charge in [0.05, 0.1) is 12.2 Å². The molecule has 0 spiro atoms. The Morgan fingerprint density at radius 3 is 2.24 bits per heavy atom. The van der Waals surface area contributed by atoms with Crippen molar-refractivity contribution >= 4 is 40.6 Å². The van der Waals surface area contributed by atoms with Gasteiger partial charge in [-0.2, -0.15) is 13.2 Å². The van der Waals surface area contributed by atoms with Crippen molar-refractivity contribution in [3.8, 4) is 10.6 Å². The van der Waals surface area contributed by atoms with Crippen molar-refractivity contribution in [2.45, 2.75) is 32.2 Å². The summed E-state index contributed by atoms with van der Waals surface area (Å²) >= 11 is 7.77. The number of nitrogens with zero attached hydrogens (tertiary/aromatic N) is 4. The van der Waals surface area contributed by atoms with Crippen molar-refractivity contribution in [2.24, 2.45) is 0 Å². The van der Waals surface area contributed by atoms with Crippen LogP contribution in [0.25, 0.3) is 10.6 Å². The normalized spacial score (nSPS) is 13.7. The van der Waals surface area contributed by atoms with Crippen LogP contribution in [-0.2, 0) is 24.4 Å². The summed E-state index contributed by atoms with van der Waals surface area (Å²) in [4.78, 5) is 33.9. The van der Waals surface area contributed by atoms with Crippen molar-refractivity contribution in [3.63, 3.8) is 0 Å². The van der Waals surface area contributed by atoms with Crippen LogP contribution in [0.15, 0.2) is 84.2 Å². The van der Waals surface area contributed by atoms with E-state index < -0.39 is 12.1 Å². The third-order valence-corrected chi connectivity index (χ3v) is 8.89. The van der Waals surface area contributed by atoms with E-state index >= 15 is 0 Å². The number of aliphatic carboxylic acids is 1. The number of benzene rings is 3. The van der Waals surface area contributed by atoms with Crippen molar-refractivity contribution < 1.29 is 27.9 Å². The van der Waals surface area contributed by atoms with E-state index in [1.807, 2.05) is 23.1 Å². The van der Waals surface area contributed by atoms with Gasteiger partial charge in [0, 0.05) is 67.5 Å². The summed E-state index contributed by atoms with van der Waals surface area (Å²) in [5.41, 5.74) is 5.18. The SMILES string of the molecule is CN1CCN(CCCN(Cc2csc(-c3ccc(CNCc4ccccc4)cc3)n2)C(=O)Nc2cccc(Cl)c2)CC1.O=C(O)C(F)(F)F. The number of carbonyl (C=O) groups excluding carboxylic acids is 1. The van der Waals surface area contributed by atoms with E-state index in [4.69, 9.17) is 26.5 Å². The van der Waals surface area contributed by atoms with Gasteiger partial charge in [0.15, 0.2) is 0 Å². The molecule has 3 N–H and O–H groups in total. The molecule has 0 unspecified atom stereocenters. The van der Waals surface area contributed by atoms with Gasteiger partial charge in [-0.25, -0.2) is 14.6 Å². The van der Waals surface area contributed by atoms with Crippen LogP contribution < -0.4 is 10.6 Å². The molecule has 14 heteroatoms. The molecule has 262 valence electrons. The Morgan fingerprint density at radius 1 is 0.959 bits per heavy atom. The molecule has 9 nitrogen and oxygen atoms in total. The lowest BCUT2D eigenvalue weighted by molar-refractivity contribution is -0.192. The molecule has 5 rings (SSSR count). The summed E-state index contributed by atoms with van der Waals surface area (Å²) in [7, 11) is 2.17. The Bertz CT molecular complexity index is 1620. The molecule has 1 aromatic heterocycles. The first kappa shape index (κ1) is 37.8. The summed E-state index contributed by atoms with van der Waals surface area (Å²) in [6, 6.07) is 26.1. The van der Waals surface area contributed by atoms with Crippen molar-refractivity contribution in [3.05, 3.63) is 106 Å². The Balaban J connectivity index is 0.000000698. The minimum absolute atomic E-state index is 0.141. The Kier molecular flexibility index (Phi) is 14.4. The molecule has 0 radical (unpaired) electrons. The first-order valence-corrected chi connectivity index (χ1v) is 17.0. The first-order valence-electron chi connectivity index (χ1n) is 15.8. The van der Waals surface area contributed by atoms with E-state index in [1.54, 1.807) is 23.5 Å². The van der Waals surface area contributed by atoms with E-state index in [0.29, 0.717) is 23.8 Å². The number of amides is 2. The molecule has 2 heterocycles. The van der Waals surface area contributed by atoms with Crippen LogP contribution in [0.2, 0.25) is 5.02 Å². The Morgan fingerprint density at radius 2 is 1.61 bits per heavy atom. The van der Waals surface area contributed by atoms with Gasteiger partial charge in [-0.1, -0.05) is 72.3 Å². The van der Waals surface area contributed by atoms with Gasteiger partial charge in [-0.05, 0) is 49.3 Å². The number of nitrogens with one attached hydrogen (secondary N) is 2. The second-order valence-electron chi connectivity index (χ2n) is 11.6. The highest BCUT2D eigenvalue weighted by Crippen LogP contribution is 2.25. The fraction of sp³-hybridized carbons (Fsp3) is 0.343. The lowest BCUT2D eigenvalue weighted by Gasteiger charge is -2.33. The number of likely N-dealkylation sites (N-methyl/N-ethyl adjacent to an activating group) is 1. The predicted octanol–water partition coefficient (Wildman–Crippen LogP) is 7.06. The topological polar surface area (TPSA) is 101 Å². The molecule has 0 atom stereocenters. The van der Waals surface area contributed by atoms with Gasteiger partial charge in [0.25, 0.3) is 0 Å². The van der Waals surface area contributed by atoms with Crippen molar-refractivity contribution in [2.75, 3.05) is 51.6 Å². The molecule has 0 saturated carbocycles. The van der Waals surface area contributed by atoms with Crippen LogP contribution in [0, 0.1) is 0 Å². The summed E-state index contributed by atoms with van der Waals surface area (Å²) in [6.07, 6.45) is -4.18. The fourth-order valence-corrected chi connectivity index (χ4v) is 6.01. The average Bonchev–Trinajstić information content (AvgIpc) is 3.54. The van der Waals surface area contributed by atoms with Gasteiger partial charge in [-0.3, -0.25) is 0 Å². The number of carboxylic acid groups (broad SMARTS) is 1. The van der Waals surface area contributed by atoms with Gasteiger partial charge in [0.2, 0.25) is 0 Å². The van der Waals surface area contributed by atoms with E-state index in [-0.39, 0.29) is 6.03 Å². The van der Waals surface area contributed by atoms with Gasteiger partial charge < -0.3 is 30.4 Å². The maximum atomic E-state index is 13.4. The minimum Gasteiger partial charge on any atom is -0.475 e. The average molecular weight is 717 g/mol. The van der Waals surface area contributed by atoms with Crippen LogP contribution in [0.4, 0.5) is 23.7 Å². The summed E-state index contributed by atoms with van der Waals surface area (Å²) in [6.45, 7) is 8.05. The molecule has 1 aliphatic heterocycles. The number of rotatable bonds is 12. The Hall–Kier alpha value is -4.01. The summed E-state index contributed by atoms with van der Waals surface area (Å²) in [5.74, 6) is -2.76. The number of carbonyl (C=O) groups is 2. The molecule has 1 aliphatic rings. The van der Waals surface area contributed by atoms with Crippen LogP contribution >= 0.6 is 22.9 Å². The molecule has 2 amide bonds. The number of halogens is 4. The number of hydrogen-bond acceptors (Lipinski definition) is 7. The smallest absolute Gasteiger partial charge is 0.475 e. The summed E-state index contributed by atoms with van der Waals surface area (Å²) < 4.78 is 31.7.